The van der Waals surface area contributed by atoms with Gasteiger partial charge >= 0.3 is 0 Å². The first-order valence-corrected chi connectivity index (χ1v) is 9.28. The summed E-state index contributed by atoms with van der Waals surface area (Å²) < 4.78 is 11.6. The van der Waals surface area contributed by atoms with Crippen molar-refractivity contribution in [2.45, 2.75) is 43.7 Å². The summed E-state index contributed by atoms with van der Waals surface area (Å²) in [5, 5.41) is 3.35. The molecule has 1 aromatic heterocycles. The van der Waals surface area contributed by atoms with E-state index < -0.39 is 0 Å². The molecule has 0 aliphatic carbocycles. The number of likely N-dealkylation sites (tertiary alicyclic amines) is 1. The second kappa shape index (κ2) is 7.25. The molecule has 1 aromatic rings. The molecule has 3 fully saturated rings. The average molecular weight is 346 g/mol. The zero-order valence-electron chi connectivity index (χ0n) is 14.5. The Hall–Kier alpha value is -1.73. The Morgan fingerprint density at radius 3 is 2.88 bits per heavy atom. The number of carbonyl (C=O) groups excluding carboxylic acids is 1. The molecule has 25 heavy (non-hydrogen) atoms. The van der Waals surface area contributed by atoms with Crippen molar-refractivity contribution in [3.8, 4) is 0 Å². The van der Waals surface area contributed by atoms with Gasteiger partial charge < -0.3 is 19.7 Å². The average Bonchev–Trinajstić information content (AvgIpc) is 3.04. The predicted octanol–water partition coefficient (Wildman–Crippen LogP) is 1.47. The molecule has 4 rings (SSSR count). The van der Waals surface area contributed by atoms with Gasteiger partial charge in [-0.05, 0) is 31.7 Å². The minimum absolute atomic E-state index is 0.122. The summed E-state index contributed by atoms with van der Waals surface area (Å²) in [5.74, 6) is 1.05. The molecule has 1 N–H and O–H groups in total. The third-order valence-corrected chi connectivity index (χ3v) is 5.53. The number of carbonyl (C=O) groups is 1. The van der Waals surface area contributed by atoms with Crippen LogP contribution in [0.4, 0.5) is 5.95 Å². The van der Waals surface area contributed by atoms with Crippen LogP contribution in [-0.4, -0.2) is 65.3 Å². The highest BCUT2D eigenvalue weighted by Crippen LogP contribution is 2.36. The lowest BCUT2D eigenvalue weighted by Gasteiger charge is -2.41. The second-order valence-electron chi connectivity index (χ2n) is 7.36. The molecule has 2 atom stereocenters. The van der Waals surface area contributed by atoms with Crippen LogP contribution in [0.3, 0.4) is 0 Å². The maximum absolute atomic E-state index is 12.8. The smallest absolute Gasteiger partial charge is 0.225 e. The van der Waals surface area contributed by atoms with Crippen LogP contribution in [0, 0.1) is 5.92 Å². The van der Waals surface area contributed by atoms with Crippen LogP contribution >= 0.6 is 0 Å². The number of nitrogens with one attached hydrogen (secondary N) is 1. The van der Waals surface area contributed by atoms with Gasteiger partial charge in [-0.3, -0.25) is 4.79 Å². The van der Waals surface area contributed by atoms with Crippen molar-refractivity contribution in [3.63, 3.8) is 0 Å². The van der Waals surface area contributed by atoms with Crippen LogP contribution in [0.15, 0.2) is 18.5 Å². The largest absolute Gasteiger partial charge is 0.381 e. The number of nitrogens with zero attached hydrogens (tertiary/aromatic N) is 3. The maximum Gasteiger partial charge on any atom is 0.225 e. The number of ether oxygens (including phenoxy) is 2. The van der Waals surface area contributed by atoms with Gasteiger partial charge in [0.1, 0.15) is 0 Å². The molecule has 0 aromatic carbocycles. The van der Waals surface area contributed by atoms with Crippen LogP contribution in [0.5, 0.6) is 0 Å². The summed E-state index contributed by atoms with van der Waals surface area (Å²) in [6, 6.07) is 2.00. The summed E-state index contributed by atoms with van der Waals surface area (Å²) in [6.45, 7) is 3.60. The number of piperidine rings is 1. The number of amides is 1. The highest BCUT2D eigenvalue weighted by Gasteiger charge is 2.45. The second-order valence-corrected chi connectivity index (χ2v) is 7.36. The zero-order chi connectivity index (χ0) is 17.1. The summed E-state index contributed by atoms with van der Waals surface area (Å²) in [4.78, 5) is 23.3. The fourth-order valence-electron chi connectivity index (χ4n) is 4.27. The Morgan fingerprint density at radius 1 is 1.28 bits per heavy atom. The maximum atomic E-state index is 12.8. The van der Waals surface area contributed by atoms with Crippen LogP contribution in [0.25, 0.3) is 0 Å². The number of anilines is 1. The van der Waals surface area contributed by atoms with E-state index in [2.05, 4.69) is 15.3 Å². The van der Waals surface area contributed by atoms with Gasteiger partial charge in [-0.2, -0.15) is 0 Å². The molecule has 1 amide bonds. The molecule has 3 aliphatic rings. The monoisotopic (exact) mass is 346 g/mol. The molecule has 0 unspecified atom stereocenters. The molecule has 7 nitrogen and oxygen atoms in total. The van der Waals surface area contributed by atoms with E-state index in [1.54, 1.807) is 18.5 Å². The minimum Gasteiger partial charge on any atom is -0.381 e. The summed E-state index contributed by atoms with van der Waals surface area (Å²) in [7, 11) is 0. The molecule has 4 heterocycles. The van der Waals surface area contributed by atoms with Crippen molar-refractivity contribution >= 4 is 11.9 Å². The number of hydrogen-bond acceptors (Lipinski definition) is 6. The van der Waals surface area contributed by atoms with Crippen molar-refractivity contribution < 1.29 is 14.3 Å². The van der Waals surface area contributed by atoms with Gasteiger partial charge in [-0.1, -0.05) is 0 Å². The Bertz CT molecular complexity index is 593. The van der Waals surface area contributed by atoms with Gasteiger partial charge in [0.15, 0.2) is 0 Å². The lowest BCUT2D eigenvalue weighted by Crippen LogP contribution is -2.52. The highest BCUT2D eigenvalue weighted by molar-refractivity contribution is 5.79. The van der Waals surface area contributed by atoms with Gasteiger partial charge in [-0.15, -0.1) is 0 Å². The van der Waals surface area contributed by atoms with E-state index in [1.165, 1.54) is 0 Å². The third kappa shape index (κ3) is 3.77. The fourth-order valence-corrected chi connectivity index (χ4v) is 4.27. The van der Waals surface area contributed by atoms with Gasteiger partial charge in [0.25, 0.3) is 0 Å². The summed E-state index contributed by atoms with van der Waals surface area (Å²) in [6.07, 6.45) is 8.06. The lowest BCUT2D eigenvalue weighted by atomic mass is 9.87. The quantitative estimate of drug-likeness (QED) is 0.893. The van der Waals surface area contributed by atoms with E-state index in [0.29, 0.717) is 32.3 Å². The Balaban J connectivity index is 1.36. The van der Waals surface area contributed by atoms with Crippen LogP contribution in [0.1, 0.15) is 32.1 Å². The Morgan fingerprint density at radius 2 is 2.08 bits per heavy atom. The van der Waals surface area contributed by atoms with Crippen molar-refractivity contribution in [1.29, 1.82) is 0 Å². The molecule has 1 spiro atoms. The van der Waals surface area contributed by atoms with Crippen LogP contribution in [0.2, 0.25) is 0 Å². The van der Waals surface area contributed by atoms with Crippen molar-refractivity contribution in [3.05, 3.63) is 18.5 Å². The van der Waals surface area contributed by atoms with Crippen molar-refractivity contribution in [2.75, 3.05) is 38.2 Å². The van der Waals surface area contributed by atoms with Crippen molar-refractivity contribution in [2.24, 2.45) is 5.92 Å². The van der Waals surface area contributed by atoms with E-state index in [9.17, 15) is 4.79 Å². The first-order chi connectivity index (χ1) is 12.2. The SMILES string of the molecule is O=C(C1CCOCC1)N1CCC[C@@]2(C[C@H](Nc3ncccn3)CO2)C1. The topological polar surface area (TPSA) is 76.6 Å². The van der Waals surface area contributed by atoms with E-state index in [1.807, 2.05) is 4.90 Å². The molecule has 3 saturated heterocycles. The lowest BCUT2D eigenvalue weighted by molar-refractivity contribution is -0.146. The molecule has 0 radical (unpaired) electrons. The van der Waals surface area contributed by atoms with E-state index >= 15 is 0 Å². The minimum atomic E-state index is -0.217. The standard InChI is InChI=1S/C18H26N4O3/c23-16(14-3-9-24-10-4-14)22-8-1-5-18(13-22)11-15(12-25-18)21-17-19-6-2-7-20-17/h2,6-7,14-15H,1,3-5,8-13H2,(H,19,20,21)/t15-,18+/m0/s1. The van der Waals surface area contributed by atoms with Gasteiger partial charge in [0.05, 0.1) is 18.2 Å². The van der Waals surface area contributed by atoms with E-state index in [0.717, 1.165) is 38.6 Å². The highest BCUT2D eigenvalue weighted by atomic mass is 16.5. The fraction of sp³-hybridized carbons (Fsp3) is 0.722. The molecule has 3 aliphatic heterocycles. The molecule has 0 bridgehead atoms. The molecule has 7 heteroatoms. The Labute approximate surface area is 148 Å². The van der Waals surface area contributed by atoms with E-state index in [-0.39, 0.29) is 23.5 Å². The molecular weight excluding hydrogens is 320 g/mol. The van der Waals surface area contributed by atoms with Gasteiger partial charge in [0, 0.05) is 51.0 Å². The summed E-state index contributed by atoms with van der Waals surface area (Å²) >= 11 is 0. The first kappa shape index (κ1) is 16.7. The number of hydrogen-bond donors (Lipinski definition) is 1. The predicted molar refractivity (Wildman–Crippen MR) is 92.1 cm³/mol. The van der Waals surface area contributed by atoms with Crippen LogP contribution < -0.4 is 5.32 Å². The third-order valence-electron chi connectivity index (χ3n) is 5.53. The molecule has 136 valence electrons. The Kier molecular flexibility index (Phi) is 4.85. The van der Waals surface area contributed by atoms with Crippen molar-refractivity contribution in [1.82, 2.24) is 14.9 Å². The van der Waals surface area contributed by atoms with Gasteiger partial charge in [-0.25, -0.2) is 9.97 Å². The number of aromatic nitrogens is 2. The van der Waals surface area contributed by atoms with Crippen LogP contribution in [-0.2, 0) is 14.3 Å². The normalized spacial score (nSPS) is 30.6. The first-order valence-electron chi connectivity index (χ1n) is 9.28. The number of rotatable bonds is 3. The molecule has 0 saturated carbocycles. The van der Waals surface area contributed by atoms with Gasteiger partial charge in [0.2, 0.25) is 11.9 Å². The van der Waals surface area contributed by atoms with E-state index in [4.69, 9.17) is 9.47 Å². The summed E-state index contributed by atoms with van der Waals surface area (Å²) in [5.41, 5.74) is -0.217. The zero-order valence-corrected chi connectivity index (χ0v) is 14.5. The molecular formula is C18H26N4O3.